The molecule has 8 N–H and O–H groups in total. The van der Waals surface area contributed by atoms with Gasteiger partial charge in [-0.05, 0) is 67.6 Å². The van der Waals surface area contributed by atoms with Gasteiger partial charge >= 0.3 is 18.1 Å². The van der Waals surface area contributed by atoms with Crippen LogP contribution in [0.15, 0.2) is 48.5 Å². The summed E-state index contributed by atoms with van der Waals surface area (Å²) in [6.45, 7) is 11.7. The van der Waals surface area contributed by atoms with Crippen LogP contribution in [0.2, 0.25) is 0 Å². The van der Waals surface area contributed by atoms with Gasteiger partial charge in [-0.1, -0.05) is 88.7 Å². The van der Waals surface area contributed by atoms with Crippen molar-refractivity contribution in [1.82, 2.24) is 31.9 Å². The van der Waals surface area contributed by atoms with E-state index in [1.807, 2.05) is 36.5 Å². The highest BCUT2D eigenvalue weighted by atomic mass is 19.4. The van der Waals surface area contributed by atoms with E-state index in [4.69, 9.17) is 0 Å². The highest BCUT2D eigenvalue weighted by Crippen LogP contribution is 2.23. The number of aryl methyl sites for hydroxylation is 3. The summed E-state index contributed by atoms with van der Waals surface area (Å²) in [7, 11) is 0. The van der Waals surface area contributed by atoms with E-state index in [0.717, 1.165) is 11.1 Å². The second kappa shape index (κ2) is 26.0. The molecule has 0 aliphatic rings. The zero-order chi connectivity index (χ0) is 49.9. The van der Waals surface area contributed by atoms with E-state index in [9.17, 15) is 66.5 Å². The van der Waals surface area contributed by atoms with Gasteiger partial charge < -0.3 is 46.9 Å². The average molecular weight is 933 g/mol. The van der Waals surface area contributed by atoms with Gasteiger partial charge in [0.25, 0.3) is 0 Å². The monoisotopic (exact) mass is 932 g/mol. The van der Waals surface area contributed by atoms with Gasteiger partial charge in [0.2, 0.25) is 35.4 Å². The fourth-order valence-corrected chi connectivity index (χ4v) is 6.75. The minimum absolute atomic E-state index is 0.0690. The first kappa shape index (κ1) is 55.8. The SMILES string of the molecule is Cc1ccc(CCCC(=O)N[C@@H](CC(=O)O)C(=O)N[C@@H](CCC(=O)O)C(=O)N[C@@H](Cc2ccccc2C)C(=O)N[C@H](C(=O)N[C@@H](CC(C)C)C(=O)NC(C=O)CC(F)(F)F)C(C)(C)C)cc1. The Balaban J connectivity index is 2.42. The van der Waals surface area contributed by atoms with E-state index in [0.29, 0.717) is 24.0 Å². The lowest BCUT2D eigenvalue weighted by Crippen LogP contribution is -2.62. The van der Waals surface area contributed by atoms with Crippen LogP contribution in [0.5, 0.6) is 0 Å². The number of halogens is 3. The Morgan fingerprint density at radius 2 is 1.23 bits per heavy atom. The number of hydrogen-bond acceptors (Lipinski definition) is 9. The number of alkyl halides is 3. The molecule has 0 fully saturated rings. The number of benzene rings is 2. The minimum atomic E-state index is -4.79. The van der Waals surface area contributed by atoms with Gasteiger partial charge in [0.15, 0.2) is 0 Å². The lowest BCUT2D eigenvalue weighted by atomic mass is 9.85. The zero-order valence-electron chi connectivity index (χ0n) is 38.3. The molecule has 0 aliphatic carbocycles. The van der Waals surface area contributed by atoms with Crippen molar-refractivity contribution >= 4 is 53.7 Å². The third-order valence-electron chi connectivity index (χ3n) is 10.3. The fraction of sp³-hybridized carbons (Fsp3) is 0.543. The maximum atomic E-state index is 14.3. The molecule has 17 nitrogen and oxygen atoms in total. The van der Waals surface area contributed by atoms with Gasteiger partial charge in [-0.3, -0.25) is 38.4 Å². The van der Waals surface area contributed by atoms with Crippen LogP contribution in [0.3, 0.4) is 0 Å². The molecular weight excluding hydrogens is 870 g/mol. The van der Waals surface area contributed by atoms with Gasteiger partial charge in [-0.2, -0.15) is 13.2 Å². The molecule has 20 heteroatoms. The van der Waals surface area contributed by atoms with E-state index >= 15 is 0 Å². The number of amides is 6. The van der Waals surface area contributed by atoms with E-state index in [-0.39, 0.29) is 31.5 Å². The summed E-state index contributed by atoms with van der Waals surface area (Å²) in [4.78, 5) is 117. The van der Waals surface area contributed by atoms with E-state index in [1.54, 1.807) is 65.8 Å². The van der Waals surface area contributed by atoms with Crippen LogP contribution in [0, 0.1) is 25.2 Å². The molecule has 0 saturated carbocycles. The Hall–Kier alpha value is -6.34. The molecule has 0 bridgehead atoms. The average Bonchev–Trinajstić information content (AvgIpc) is 3.20. The number of rotatable bonds is 26. The lowest BCUT2D eigenvalue weighted by molar-refractivity contribution is -0.147. The highest BCUT2D eigenvalue weighted by molar-refractivity contribution is 5.97. The largest absolute Gasteiger partial charge is 0.481 e. The first-order valence-electron chi connectivity index (χ1n) is 21.6. The molecule has 0 saturated heterocycles. The number of carbonyl (C=O) groups is 9. The fourth-order valence-electron chi connectivity index (χ4n) is 6.75. The summed E-state index contributed by atoms with van der Waals surface area (Å²) in [5, 5.41) is 33.5. The summed E-state index contributed by atoms with van der Waals surface area (Å²) in [6, 6.07) is 4.72. The van der Waals surface area contributed by atoms with Crippen LogP contribution in [-0.4, -0.2) is 106 Å². The maximum absolute atomic E-state index is 14.3. The van der Waals surface area contributed by atoms with Gasteiger partial charge in [0.05, 0.1) is 18.9 Å². The summed E-state index contributed by atoms with van der Waals surface area (Å²) in [5.74, 6) is -8.86. The molecule has 0 aliphatic heterocycles. The number of aliphatic carboxylic acids is 2. The Bertz CT molecular complexity index is 2020. The standard InChI is InChI=1S/C46H63F3N6O11/c1-26(2)21-33(41(63)50-31(25-56)24-46(47,48)49)54-44(66)39(45(5,6)7)55-43(65)34(22-30-13-9-8-11-28(30)4)53-40(62)32(19-20-37(58)59)52-42(64)35(23-38(60)61)51-36(57)14-10-12-29-17-15-27(3)16-18-29/h8-9,11,13,15-18,25-26,31-35,39H,10,12,14,19-24H2,1-7H3,(H,50,63)(H,51,57)(H,52,64)(H,53,62)(H,54,66)(H,55,65)(H,58,59)(H,60,61)/t31?,32-,33-,34-,35-,39+/m0/s1. The Morgan fingerprint density at radius 3 is 1.77 bits per heavy atom. The van der Waals surface area contributed by atoms with Gasteiger partial charge in [-0.15, -0.1) is 0 Å². The Kier molecular flexibility index (Phi) is 22.0. The Morgan fingerprint density at radius 1 is 0.667 bits per heavy atom. The zero-order valence-corrected chi connectivity index (χ0v) is 38.3. The van der Waals surface area contributed by atoms with Gasteiger partial charge in [0.1, 0.15) is 36.5 Å². The summed E-state index contributed by atoms with van der Waals surface area (Å²) in [6.07, 6.45) is -8.04. The van der Waals surface area contributed by atoms with Gasteiger partial charge in [0, 0.05) is 19.3 Å². The molecule has 2 rings (SSSR count). The molecule has 2 aromatic carbocycles. The quantitative estimate of drug-likeness (QED) is 0.0634. The molecule has 0 heterocycles. The van der Waals surface area contributed by atoms with Crippen LogP contribution < -0.4 is 31.9 Å². The number of carboxylic acids is 2. The molecular formula is C46H63F3N6O11. The summed E-state index contributed by atoms with van der Waals surface area (Å²) >= 11 is 0. The van der Waals surface area contributed by atoms with Crippen molar-refractivity contribution in [3.8, 4) is 0 Å². The number of carbonyl (C=O) groups excluding carboxylic acids is 7. The smallest absolute Gasteiger partial charge is 0.391 e. The van der Waals surface area contributed by atoms with E-state index in [1.165, 1.54) is 0 Å². The van der Waals surface area contributed by atoms with Crippen molar-refractivity contribution in [2.24, 2.45) is 11.3 Å². The van der Waals surface area contributed by atoms with Crippen LogP contribution in [0.25, 0.3) is 0 Å². The molecule has 0 aromatic heterocycles. The number of nitrogens with one attached hydrogen (secondary N) is 6. The van der Waals surface area contributed by atoms with Crippen LogP contribution in [0.4, 0.5) is 13.2 Å². The molecule has 6 atom stereocenters. The number of aldehydes is 1. The molecule has 364 valence electrons. The first-order valence-corrected chi connectivity index (χ1v) is 21.6. The highest BCUT2D eigenvalue weighted by Gasteiger charge is 2.39. The van der Waals surface area contributed by atoms with Crippen molar-refractivity contribution in [2.45, 2.75) is 149 Å². The van der Waals surface area contributed by atoms with Crippen molar-refractivity contribution in [2.75, 3.05) is 0 Å². The lowest BCUT2D eigenvalue weighted by Gasteiger charge is -2.34. The predicted molar refractivity (Wildman–Crippen MR) is 235 cm³/mol. The van der Waals surface area contributed by atoms with E-state index < -0.39 is 121 Å². The minimum Gasteiger partial charge on any atom is -0.481 e. The van der Waals surface area contributed by atoms with Gasteiger partial charge in [-0.25, -0.2) is 0 Å². The van der Waals surface area contributed by atoms with E-state index in [2.05, 4.69) is 26.6 Å². The molecule has 1 unspecified atom stereocenters. The second-order valence-corrected chi connectivity index (χ2v) is 17.8. The summed E-state index contributed by atoms with van der Waals surface area (Å²) < 4.78 is 39.2. The normalized spacial score (nSPS) is 14.3. The maximum Gasteiger partial charge on any atom is 0.391 e. The van der Waals surface area contributed by atoms with Crippen molar-refractivity contribution < 1.29 is 66.5 Å². The molecule has 2 aromatic rings. The van der Waals surface area contributed by atoms with Crippen molar-refractivity contribution in [3.63, 3.8) is 0 Å². The third kappa shape index (κ3) is 20.7. The van der Waals surface area contributed by atoms with Crippen molar-refractivity contribution in [1.29, 1.82) is 0 Å². The second-order valence-electron chi connectivity index (χ2n) is 17.8. The number of hydrogen-bond donors (Lipinski definition) is 8. The summed E-state index contributed by atoms with van der Waals surface area (Å²) in [5.41, 5.74) is 2.15. The van der Waals surface area contributed by atoms with Crippen LogP contribution >= 0.6 is 0 Å². The molecule has 6 amide bonds. The van der Waals surface area contributed by atoms with Crippen LogP contribution in [0.1, 0.15) is 102 Å². The first-order chi connectivity index (χ1) is 30.7. The van der Waals surface area contributed by atoms with Crippen molar-refractivity contribution in [3.05, 3.63) is 70.8 Å². The number of carboxylic acid groups (broad SMARTS) is 2. The molecule has 0 spiro atoms. The Labute approximate surface area is 382 Å². The van der Waals surface area contributed by atoms with Crippen LogP contribution in [-0.2, 0) is 56.0 Å². The predicted octanol–water partition coefficient (Wildman–Crippen LogP) is 3.36. The topological polar surface area (TPSA) is 266 Å². The third-order valence-corrected chi connectivity index (χ3v) is 10.3. The molecule has 66 heavy (non-hydrogen) atoms. The molecule has 0 radical (unpaired) electrons.